The molecule has 14 aromatic rings. The van der Waals surface area contributed by atoms with Gasteiger partial charge < -0.3 is 33.5 Å². The molecule has 4 aliphatic rings. The minimum Gasteiger partial charge on any atom is -0.455 e. The average molecular weight is 1080 g/mol. The van der Waals surface area contributed by atoms with Gasteiger partial charge in [0.15, 0.2) is 5.75 Å². The lowest BCUT2D eigenvalue weighted by atomic mass is 9.34. The molecule has 0 amide bonds. The Kier molecular flexibility index (Phi) is 10.4. The van der Waals surface area contributed by atoms with Crippen LogP contribution in [-0.2, 0) is 0 Å². The highest BCUT2D eigenvalue weighted by molar-refractivity contribution is 7.02. The van der Waals surface area contributed by atoms with Crippen molar-refractivity contribution in [1.29, 1.82) is 0 Å². The van der Waals surface area contributed by atoms with Crippen molar-refractivity contribution in [2.45, 2.75) is 0 Å². The third-order valence-corrected chi connectivity index (χ3v) is 17.8. The maximum atomic E-state index is 8.17. The molecule has 0 fully saturated rings. The molecule has 0 atom stereocenters. The Morgan fingerprint density at radius 3 is 1.35 bits per heavy atom. The van der Waals surface area contributed by atoms with Crippen LogP contribution in [0.25, 0.3) is 33.2 Å². The van der Waals surface area contributed by atoms with E-state index in [9.17, 15) is 0 Å². The second kappa shape index (κ2) is 18.7. The Bertz CT molecular complexity index is 4870. The van der Waals surface area contributed by atoms with Crippen molar-refractivity contribution >= 4 is 137 Å². The second-order valence-electron chi connectivity index (χ2n) is 22.4. The maximum Gasteiger partial charge on any atom is 0.277 e. The lowest BCUT2D eigenvalue weighted by Gasteiger charge is -2.44. The molecule has 0 radical (unpaired) electrons. The summed E-state index contributed by atoms with van der Waals surface area (Å²) in [6.07, 6.45) is 0. The van der Waals surface area contributed by atoms with E-state index >= 15 is 0 Å². The Morgan fingerprint density at radius 2 is 0.753 bits per heavy atom. The van der Waals surface area contributed by atoms with E-state index < -0.39 is 0 Å². The zero-order valence-electron chi connectivity index (χ0n) is 46.1. The van der Waals surface area contributed by atoms with Crippen molar-refractivity contribution in [3.63, 3.8) is 0 Å². The van der Waals surface area contributed by atoms with Crippen molar-refractivity contribution in [1.82, 2.24) is 9.13 Å². The van der Waals surface area contributed by atoms with Gasteiger partial charge >= 0.3 is 0 Å². The number of nitrogens with zero attached hydrogens (tertiary/aromatic N) is 6. The number of aromatic nitrogens is 2. The number of hydrogen-bond acceptors (Lipinski definition) is 5. The lowest BCUT2D eigenvalue weighted by Crippen LogP contribution is -2.65. The molecule has 7 nitrogen and oxygen atoms in total. The summed E-state index contributed by atoms with van der Waals surface area (Å²) in [5, 5.41) is 2.44. The van der Waals surface area contributed by atoms with Crippen molar-refractivity contribution in [3.05, 3.63) is 303 Å². The molecule has 396 valence electrons. The second-order valence-corrected chi connectivity index (χ2v) is 22.4. The summed E-state index contributed by atoms with van der Waals surface area (Å²) in [5.41, 5.74) is 24.3. The monoisotopic (exact) mass is 1080 g/mol. The number of anilines is 12. The van der Waals surface area contributed by atoms with Crippen LogP contribution in [0.4, 0.5) is 68.2 Å². The Labute approximate surface area is 493 Å². The van der Waals surface area contributed by atoms with Crippen LogP contribution in [0.1, 0.15) is 0 Å². The zero-order chi connectivity index (χ0) is 55.7. The predicted octanol–water partition coefficient (Wildman–Crippen LogP) is 15.5. The van der Waals surface area contributed by atoms with Crippen molar-refractivity contribution in [2.75, 3.05) is 19.6 Å². The van der Waals surface area contributed by atoms with Gasteiger partial charge in [-0.25, -0.2) is 0 Å². The predicted molar refractivity (Wildman–Crippen MR) is 355 cm³/mol. The zero-order valence-corrected chi connectivity index (χ0v) is 46.1. The molecule has 9 heteroatoms. The van der Waals surface area contributed by atoms with Gasteiger partial charge in [-0.1, -0.05) is 182 Å². The van der Waals surface area contributed by atoms with Crippen LogP contribution in [0.3, 0.4) is 0 Å². The summed E-state index contributed by atoms with van der Waals surface area (Å²) in [6.45, 7) is -0.532. The summed E-state index contributed by atoms with van der Waals surface area (Å²) >= 11 is 0. The number of hydrogen-bond donors (Lipinski definition) is 0. The SMILES string of the molecule is c1ccc(N(c2ccccc2)c2cc3c4c(c2)N(c2ccccc2)c2c5c(n(-c6ccccc6)c2B4c2ccccc2N3c2ccccc2)B2c3c(cc(N(c4ccccc4)c4ccccc4)cc3-n3c4ccccc4c4cccc2c43)O5)cc1. The van der Waals surface area contributed by atoms with Crippen molar-refractivity contribution < 1.29 is 4.74 Å². The molecule has 4 aliphatic heterocycles. The van der Waals surface area contributed by atoms with Crippen LogP contribution >= 0.6 is 0 Å². The third kappa shape index (κ3) is 6.98. The van der Waals surface area contributed by atoms with Crippen molar-refractivity contribution in [2.24, 2.45) is 0 Å². The fourth-order valence-corrected chi connectivity index (χ4v) is 14.6. The first-order valence-corrected chi connectivity index (χ1v) is 29.2. The van der Waals surface area contributed by atoms with Crippen LogP contribution in [0.15, 0.2) is 303 Å². The summed E-state index contributed by atoms with van der Waals surface area (Å²) in [7, 11) is 0. The fraction of sp³-hybridized carbons (Fsp3) is 0. The highest BCUT2D eigenvalue weighted by Crippen LogP contribution is 2.53. The van der Waals surface area contributed by atoms with Crippen LogP contribution in [0.2, 0.25) is 0 Å². The highest BCUT2D eigenvalue weighted by atomic mass is 16.5. The number of fused-ring (bicyclic) bond motifs is 12. The molecule has 0 saturated carbocycles. The van der Waals surface area contributed by atoms with Gasteiger partial charge in [-0.15, -0.1) is 0 Å². The molecule has 18 rings (SSSR count). The summed E-state index contributed by atoms with van der Waals surface area (Å²) in [4.78, 5) is 9.81. The number of para-hydroxylation sites is 10. The first-order valence-electron chi connectivity index (χ1n) is 29.2. The van der Waals surface area contributed by atoms with Gasteiger partial charge in [-0.2, -0.15) is 0 Å². The normalized spacial score (nSPS) is 12.9. The smallest absolute Gasteiger partial charge is 0.277 e. The molecule has 0 aliphatic carbocycles. The van der Waals surface area contributed by atoms with Crippen LogP contribution in [0, 0.1) is 0 Å². The van der Waals surface area contributed by atoms with Gasteiger partial charge in [0.2, 0.25) is 0 Å². The molecule has 85 heavy (non-hydrogen) atoms. The van der Waals surface area contributed by atoms with Crippen molar-refractivity contribution in [3.8, 4) is 22.9 Å². The minimum atomic E-state index is -0.267. The topological polar surface area (TPSA) is 32.0 Å². The number of ether oxygens (including phenoxy) is 1. The Hall–Kier alpha value is -11.2. The van der Waals surface area contributed by atoms with Gasteiger partial charge in [0, 0.05) is 96.1 Å². The molecule has 0 bridgehead atoms. The number of rotatable bonds is 9. The Balaban J connectivity index is 1.00. The molecular formula is C76H50B2N6O. The largest absolute Gasteiger partial charge is 0.455 e. The first kappa shape index (κ1) is 47.5. The summed E-state index contributed by atoms with van der Waals surface area (Å²) in [5.74, 6) is 1.65. The Morgan fingerprint density at radius 1 is 0.306 bits per heavy atom. The number of benzene rings is 12. The van der Waals surface area contributed by atoms with Gasteiger partial charge in [-0.3, -0.25) is 0 Å². The molecule has 0 saturated heterocycles. The quantitative estimate of drug-likeness (QED) is 0.135. The molecule has 0 unspecified atom stereocenters. The highest BCUT2D eigenvalue weighted by Gasteiger charge is 2.53. The third-order valence-electron chi connectivity index (χ3n) is 17.8. The molecule has 0 N–H and O–H groups in total. The molecule has 2 aromatic heterocycles. The van der Waals surface area contributed by atoms with E-state index in [0.29, 0.717) is 0 Å². The van der Waals surface area contributed by atoms with Gasteiger partial charge in [0.1, 0.15) is 11.4 Å². The maximum absolute atomic E-state index is 8.17. The average Bonchev–Trinajstić information content (AvgIpc) is 1.67. The first-order chi connectivity index (χ1) is 42.2. The van der Waals surface area contributed by atoms with Gasteiger partial charge in [0.05, 0.1) is 16.9 Å². The standard InChI is InChI=1S/C76H50B2N6O/c1-8-27-51(28-9-1)79(52-29-10-2-11-30-52)58-47-66-70-67(48-58)82(56-37-18-6-19-38-56)73-74-76(83(57-39-20-7-21-40-57)75(73)77(70)62-43-23-25-46-65(62)81(66)55-35-16-5-17-36-55)78-63-44-26-42-61-60-41-22-24-45-64(60)84(72(61)63)68-49-59(50-69(85-74)71(68)78)80(53-31-12-3-13-32-53)54-33-14-4-15-34-54/h1-50H. The van der Waals surface area contributed by atoms with Crippen LogP contribution in [-0.4, -0.2) is 22.6 Å². The molecule has 12 aromatic carbocycles. The summed E-state index contributed by atoms with van der Waals surface area (Å²) < 4.78 is 13.3. The van der Waals surface area contributed by atoms with E-state index in [1.165, 1.54) is 32.7 Å². The van der Waals surface area contributed by atoms with Gasteiger partial charge in [0.25, 0.3) is 13.4 Å². The van der Waals surface area contributed by atoms with Gasteiger partial charge in [-0.05, 0) is 137 Å². The van der Waals surface area contributed by atoms with E-state index in [0.717, 1.165) is 113 Å². The molecular weight excluding hydrogens is 1030 g/mol. The van der Waals surface area contributed by atoms with E-state index in [1.807, 2.05) is 0 Å². The van der Waals surface area contributed by atoms with E-state index in [1.54, 1.807) is 0 Å². The lowest BCUT2D eigenvalue weighted by molar-refractivity contribution is 0.488. The molecule has 0 spiro atoms. The molecule has 6 heterocycles. The van der Waals surface area contributed by atoms with Crippen LogP contribution < -0.4 is 57.4 Å². The fourth-order valence-electron chi connectivity index (χ4n) is 14.6. The van der Waals surface area contributed by atoms with E-state index in [-0.39, 0.29) is 13.4 Å². The van der Waals surface area contributed by atoms with E-state index in [2.05, 4.69) is 332 Å². The van der Waals surface area contributed by atoms with Crippen LogP contribution in [0.5, 0.6) is 11.5 Å². The summed E-state index contributed by atoms with van der Waals surface area (Å²) in [6, 6.07) is 111. The van der Waals surface area contributed by atoms with E-state index in [4.69, 9.17) is 4.74 Å². The minimum absolute atomic E-state index is 0.266.